The Labute approximate surface area is 214 Å². The van der Waals surface area contributed by atoms with E-state index < -0.39 is 18.0 Å². The summed E-state index contributed by atoms with van der Waals surface area (Å²) in [4.78, 5) is 48.1. The number of benzene rings is 1. The van der Waals surface area contributed by atoms with Crippen LogP contribution in [0.15, 0.2) is 48.8 Å². The van der Waals surface area contributed by atoms with Gasteiger partial charge in [0.25, 0.3) is 5.91 Å². The summed E-state index contributed by atoms with van der Waals surface area (Å²) in [5, 5.41) is 16.0. The van der Waals surface area contributed by atoms with Crippen LogP contribution >= 0.6 is 0 Å². The second-order valence-corrected chi connectivity index (χ2v) is 9.50. The van der Waals surface area contributed by atoms with Gasteiger partial charge < -0.3 is 25.3 Å². The van der Waals surface area contributed by atoms with Crippen molar-refractivity contribution in [3.63, 3.8) is 0 Å². The number of aromatic amines is 1. The lowest BCUT2D eigenvalue weighted by molar-refractivity contribution is -0.126. The van der Waals surface area contributed by atoms with Crippen molar-refractivity contribution in [2.24, 2.45) is 5.92 Å². The van der Waals surface area contributed by atoms with Crippen LogP contribution in [-0.4, -0.2) is 64.9 Å². The van der Waals surface area contributed by atoms with Gasteiger partial charge >= 0.3 is 0 Å². The Morgan fingerprint density at radius 3 is 2.89 bits per heavy atom. The second kappa shape index (κ2) is 10.3. The van der Waals surface area contributed by atoms with Crippen molar-refractivity contribution in [1.29, 1.82) is 5.26 Å². The Balaban J connectivity index is 1.40. The molecular formula is C27H28N6O4. The van der Waals surface area contributed by atoms with Crippen LogP contribution in [0.3, 0.4) is 0 Å². The lowest BCUT2D eigenvalue weighted by Crippen LogP contribution is -2.49. The molecule has 2 saturated heterocycles. The topological polar surface area (TPSA) is 140 Å². The minimum absolute atomic E-state index is 0.0894. The molecule has 10 nitrogen and oxygen atoms in total. The largest absolute Gasteiger partial charge is 0.496 e. The average Bonchev–Trinajstić information content (AvgIpc) is 3.66. The number of aromatic nitrogens is 2. The maximum Gasteiger partial charge on any atom is 0.271 e. The van der Waals surface area contributed by atoms with Gasteiger partial charge in [-0.3, -0.25) is 19.4 Å². The first kappa shape index (κ1) is 24.3. The van der Waals surface area contributed by atoms with Crippen LogP contribution in [0.5, 0.6) is 5.75 Å². The molecule has 0 aliphatic carbocycles. The highest BCUT2D eigenvalue weighted by molar-refractivity contribution is 6.02. The molecule has 3 aromatic rings. The number of nitrogens with one attached hydrogen (secondary N) is 3. The Hall–Kier alpha value is -4.39. The van der Waals surface area contributed by atoms with Gasteiger partial charge in [0, 0.05) is 48.2 Å². The second-order valence-electron chi connectivity index (χ2n) is 9.50. The van der Waals surface area contributed by atoms with Gasteiger partial charge in [0.15, 0.2) is 0 Å². The van der Waals surface area contributed by atoms with Crippen molar-refractivity contribution in [3.05, 3.63) is 60.0 Å². The number of fused-ring (bicyclic) bond motifs is 1. The number of carbonyl (C=O) groups is 3. The van der Waals surface area contributed by atoms with Crippen LogP contribution < -0.4 is 15.4 Å². The van der Waals surface area contributed by atoms with Crippen LogP contribution in [0, 0.1) is 17.2 Å². The van der Waals surface area contributed by atoms with Crippen molar-refractivity contribution in [1.82, 2.24) is 25.5 Å². The van der Waals surface area contributed by atoms with E-state index in [1.54, 1.807) is 30.5 Å². The number of ether oxygens (including phenoxy) is 1. The fourth-order valence-electron chi connectivity index (χ4n) is 5.31. The normalized spacial score (nSPS) is 21.9. The summed E-state index contributed by atoms with van der Waals surface area (Å²) in [6, 6.07) is 11.5. The highest BCUT2D eigenvalue weighted by Crippen LogP contribution is 2.34. The first-order valence-electron chi connectivity index (χ1n) is 12.3. The zero-order chi connectivity index (χ0) is 25.9. The molecule has 0 radical (unpaired) electrons. The number of nitriles is 1. The van der Waals surface area contributed by atoms with E-state index >= 15 is 0 Å². The Kier molecular flexibility index (Phi) is 6.77. The van der Waals surface area contributed by atoms with Crippen molar-refractivity contribution in [2.45, 2.75) is 37.3 Å². The molecule has 0 saturated carbocycles. The molecule has 3 unspecified atom stereocenters. The number of methoxy groups -OCH3 is 1. The molecule has 10 heteroatoms. The number of hydrogen-bond acceptors (Lipinski definition) is 6. The van der Waals surface area contributed by atoms with E-state index in [1.807, 2.05) is 30.3 Å². The van der Waals surface area contributed by atoms with Crippen LogP contribution in [0.2, 0.25) is 0 Å². The number of carbonyl (C=O) groups excluding carboxylic acids is 3. The number of hydrogen-bond donors (Lipinski definition) is 3. The Morgan fingerprint density at radius 2 is 2.19 bits per heavy atom. The van der Waals surface area contributed by atoms with E-state index in [0.29, 0.717) is 37.4 Å². The minimum Gasteiger partial charge on any atom is -0.496 e. The Morgan fingerprint density at radius 1 is 1.32 bits per heavy atom. The number of H-pyrrole nitrogens is 1. The predicted octanol–water partition coefficient (Wildman–Crippen LogP) is 2.10. The molecule has 5 rings (SSSR count). The minimum atomic E-state index is -0.826. The van der Waals surface area contributed by atoms with E-state index in [-0.39, 0.29) is 30.1 Å². The fraction of sp³-hybridized carbons (Fsp3) is 0.370. The maximum absolute atomic E-state index is 13.7. The molecule has 1 aromatic carbocycles. The quantitative estimate of drug-likeness (QED) is 0.454. The molecule has 3 N–H and O–H groups in total. The van der Waals surface area contributed by atoms with Crippen molar-refractivity contribution in [2.75, 3.05) is 20.2 Å². The highest BCUT2D eigenvalue weighted by atomic mass is 16.5. The lowest BCUT2D eigenvalue weighted by atomic mass is 9.96. The van der Waals surface area contributed by atoms with E-state index in [0.717, 1.165) is 16.5 Å². The van der Waals surface area contributed by atoms with Gasteiger partial charge in [-0.2, -0.15) is 5.26 Å². The molecule has 0 spiro atoms. The fourth-order valence-corrected chi connectivity index (χ4v) is 5.31. The summed E-state index contributed by atoms with van der Waals surface area (Å²) in [6.45, 7) is 0.903. The monoisotopic (exact) mass is 500 g/mol. The predicted molar refractivity (Wildman–Crippen MR) is 135 cm³/mol. The zero-order valence-electron chi connectivity index (χ0n) is 20.4. The van der Waals surface area contributed by atoms with Gasteiger partial charge in [-0.1, -0.05) is 12.1 Å². The third-order valence-corrected chi connectivity index (χ3v) is 7.25. The van der Waals surface area contributed by atoms with E-state index in [4.69, 9.17) is 4.74 Å². The van der Waals surface area contributed by atoms with Crippen LogP contribution in [0.25, 0.3) is 10.9 Å². The molecule has 2 aromatic heterocycles. The third-order valence-electron chi connectivity index (χ3n) is 7.25. The molecular weight excluding hydrogens is 472 g/mol. The van der Waals surface area contributed by atoms with E-state index in [9.17, 15) is 19.6 Å². The van der Waals surface area contributed by atoms with Gasteiger partial charge in [-0.15, -0.1) is 0 Å². The van der Waals surface area contributed by atoms with Gasteiger partial charge in [0.1, 0.15) is 23.5 Å². The first-order valence-corrected chi connectivity index (χ1v) is 12.3. The zero-order valence-corrected chi connectivity index (χ0v) is 20.4. The summed E-state index contributed by atoms with van der Waals surface area (Å²) >= 11 is 0. The van der Waals surface area contributed by atoms with Crippen molar-refractivity contribution in [3.8, 4) is 11.8 Å². The molecule has 190 valence electrons. The third kappa shape index (κ3) is 4.85. The van der Waals surface area contributed by atoms with Gasteiger partial charge in [0.2, 0.25) is 11.8 Å². The van der Waals surface area contributed by atoms with Crippen LogP contribution in [-0.2, 0) is 9.59 Å². The highest BCUT2D eigenvalue weighted by Gasteiger charge is 2.42. The molecule has 2 fully saturated rings. The molecule has 4 heterocycles. The number of rotatable bonds is 7. The van der Waals surface area contributed by atoms with Crippen LogP contribution in [0.1, 0.15) is 41.2 Å². The van der Waals surface area contributed by atoms with Gasteiger partial charge in [0.05, 0.1) is 13.2 Å². The lowest BCUT2D eigenvalue weighted by Gasteiger charge is -2.25. The molecule has 37 heavy (non-hydrogen) atoms. The summed E-state index contributed by atoms with van der Waals surface area (Å²) < 4.78 is 5.42. The smallest absolute Gasteiger partial charge is 0.271 e. The molecule has 4 atom stereocenters. The van der Waals surface area contributed by atoms with Crippen molar-refractivity contribution < 1.29 is 19.1 Å². The van der Waals surface area contributed by atoms with Gasteiger partial charge in [-0.05, 0) is 49.1 Å². The van der Waals surface area contributed by atoms with E-state index in [1.165, 1.54) is 0 Å². The van der Waals surface area contributed by atoms with Crippen molar-refractivity contribution >= 4 is 28.6 Å². The maximum atomic E-state index is 13.7. The average molecular weight is 501 g/mol. The number of likely N-dealkylation sites (tertiary alicyclic amines) is 1. The van der Waals surface area contributed by atoms with Gasteiger partial charge in [-0.25, -0.2) is 0 Å². The first-order chi connectivity index (χ1) is 18.0. The molecule has 3 amide bonds. The summed E-state index contributed by atoms with van der Waals surface area (Å²) in [5.41, 5.74) is 2.04. The summed E-state index contributed by atoms with van der Waals surface area (Å²) in [5.74, 6) is -0.571. The summed E-state index contributed by atoms with van der Waals surface area (Å²) in [6.07, 6.45) is 4.70. The molecule has 2 aliphatic heterocycles. The molecule has 0 bridgehead atoms. The number of pyridine rings is 1. The standard InChI is InChI=1S/C27H28N6O4/c1-37-24-6-2-5-21-20(24)12-22(32-21)27(36)33-15-18(17-4-3-8-29-14-17)11-23(33)26(35)31-19(13-28)10-16-7-9-30-25(16)34/h2-6,8,12,14,16,18-19,23,32H,7,9-11,15H2,1H3,(H,30,34)(H,31,35)/t16?,18-,19?,23?/m1/s1. The summed E-state index contributed by atoms with van der Waals surface area (Å²) in [7, 11) is 1.57. The molecule has 2 aliphatic rings. The number of amides is 3. The van der Waals surface area contributed by atoms with Crippen LogP contribution in [0.4, 0.5) is 0 Å². The Bertz CT molecular complexity index is 1360. The number of nitrogens with zero attached hydrogens (tertiary/aromatic N) is 3. The SMILES string of the molecule is COc1cccc2[nH]c(C(=O)N3C[C@H](c4cccnc4)CC3C(=O)NC(C#N)CC3CCNC3=O)cc12. The van der Waals surface area contributed by atoms with E-state index in [2.05, 4.69) is 26.7 Å².